The molecule has 0 aromatic carbocycles. The third-order valence-corrected chi connectivity index (χ3v) is 5.93. The van der Waals surface area contributed by atoms with E-state index in [0.29, 0.717) is 0 Å². The molecule has 1 unspecified atom stereocenters. The lowest BCUT2D eigenvalue weighted by atomic mass is 9.83. The highest BCUT2D eigenvalue weighted by molar-refractivity contribution is 5.04. The normalized spacial score (nSPS) is 24.8. The van der Waals surface area contributed by atoms with Crippen molar-refractivity contribution >= 4 is 0 Å². The van der Waals surface area contributed by atoms with Crippen LogP contribution in [0.15, 0.2) is 6.20 Å². The molecule has 0 radical (unpaired) electrons. The van der Waals surface area contributed by atoms with Gasteiger partial charge in [0.15, 0.2) is 0 Å². The number of hydrogen-bond acceptors (Lipinski definition) is 3. The van der Waals surface area contributed by atoms with Gasteiger partial charge in [-0.2, -0.15) is 0 Å². The standard InChI is InChI=1S/C19H34N4/c1-15(2)12-22-8-5-17(6-9-22)18-7-10-23(13-18)14-19-11-20-16(3)21(19)4/h11,15,17-18H,5-10,12-14H2,1-4H3. The van der Waals surface area contributed by atoms with Gasteiger partial charge in [-0.1, -0.05) is 13.8 Å². The van der Waals surface area contributed by atoms with Crippen LogP contribution in [0, 0.1) is 24.7 Å². The molecule has 4 nitrogen and oxygen atoms in total. The lowest BCUT2D eigenvalue weighted by molar-refractivity contribution is 0.135. The molecule has 130 valence electrons. The summed E-state index contributed by atoms with van der Waals surface area (Å²) in [5.41, 5.74) is 1.36. The first-order chi connectivity index (χ1) is 11.0. The Balaban J connectivity index is 1.46. The van der Waals surface area contributed by atoms with E-state index in [0.717, 1.165) is 30.1 Å². The van der Waals surface area contributed by atoms with Crippen LogP contribution in [0.2, 0.25) is 0 Å². The minimum absolute atomic E-state index is 0.802. The maximum Gasteiger partial charge on any atom is 0.105 e. The van der Waals surface area contributed by atoms with Crippen molar-refractivity contribution in [3.63, 3.8) is 0 Å². The Bertz CT molecular complexity index is 499. The molecule has 0 aliphatic carbocycles. The van der Waals surface area contributed by atoms with Crippen LogP contribution in [0.5, 0.6) is 0 Å². The van der Waals surface area contributed by atoms with Crippen LogP contribution in [0.3, 0.4) is 0 Å². The molecule has 1 atom stereocenters. The van der Waals surface area contributed by atoms with Crippen LogP contribution in [0.4, 0.5) is 0 Å². The van der Waals surface area contributed by atoms with Gasteiger partial charge in [-0.25, -0.2) is 4.98 Å². The SMILES string of the molecule is Cc1ncc(CN2CCC(C3CCN(CC(C)C)CC3)C2)n1C. The second-order valence-corrected chi connectivity index (χ2v) is 8.17. The van der Waals surface area contributed by atoms with Gasteiger partial charge in [-0.15, -0.1) is 0 Å². The molecule has 4 heteroatoms. The predicted molar refractivity (Wildman–Crippen MR) is 95.3 cm³/mol. The number of aromatic nitrogens is 2. The molecular weight excluding hydrogens is 284 g/mol. The number of imidazole rings is 1. The lowest BCUT2D eigenvalue weighted by Crippen LogP contribution is -2.38. The highest BCUT2D eigenvalue weighted by Crippen LogP contribution is 2.32. The molecule has 0 bridgehead atoms. The molecule has 1 aromatic heterocycles. The quantitative estimate of drug-likeness (QED) is 0.834. The first-order valence-electron chi connectivity index (χ1n) is 9.45. The fourth-order valence-corrected chi connectivity index (χ4v) is 4.44. The largest absolute Gasteiger partial charge is 0.334 e. The van der Waals surface area contributed by atoms with Gasteiger partial charge in [0.2, 0.25) is 0 Å². The summed E-state index contributed by atoms with van der Waals surface area (Å²) >= 11 is 0. The second-order valence-electron chi connectivity index (χ2n) is 8.17. The zero-order valence-corrected chi connectivity index (χ0v) is 15.5. The van der Waals surface area contributed by atoms with Crippen LogP contribution in [0.25, 0.3) is 0 Å². The van der Waals surface area contributed by atoms with Crippen molar-refractivity contribution in [2.75, 3.05) is 32.7 Å². The van der Waals surface area contributed by atoms with Gasteiger partial charge >= 0.3 is 0 Å². The molecule has 3 rings (SSSR count). The maximum atomic E-state index is 4.43. The summed E-state index contributed by atoms with van der Waals surface area (Å²) < 4.78 is 2.23. The topological polar surface area (TPSA) is 24.3 Å². The molecule has 2 saturated heterocycles. The fourth-order valence-electron chi connectivity index (χ4n) is 4.44. The van der Waals surface area contributed by atoms with Crippen LogP contribution in [-0.4, -0.2) is 52.1 Å². The summed E-state index contributed by atoms with van der Waals surface area (Å²) in [5, 5.41) is 0. The molecule has 2 aliphatic rings. The van der Waals surface area contributed by atoms with Crippen molar-refractivity contribution < 1.29 is 0 Å². The summed E-state index contributed by atoms with van der Waals surface area (Å²) in [6.07, 6.45) is 6.27. The molecule has 2 fully saturated rings. The Morgan fingerprint density at radius 1 is 1.09 bits per heavy atom. The molecule has 23 heavy (non-hydrogen) atoms. The van der Waals surface area contributed by atoms with Gasteiger partial charge in [-0.3, -0.25) is 4.90 Å². The highest BCUT2D eigenvalue weighted by atomic mass is 15.2. The van der Waals surface area contributed by atoms with Gasteiger partial charge in [0.05, 0.1) is 5.69 Å². The zero-order chi connectivity index (χ0) is 16.4. The van der Waals surface area contributed by atoms with E-state index in [2.05, 4.69) is 47.2 Å². The third kappa shape index (κ3) is 4.16. The van der Waals surface area contributed by atoms with Crippen LogP contribution < -0.4 is 0 Å². The van der Waals surface area contributed by atoms with Crippen molar-refractivity contribution in [3.05, 3.63) is 17.7 Å². The number of piperidine rings is 1. The minimum Gasteiger partial charge on any atom is -0.334 e. The Morgan fingerprint density at radius 3 is 2.35 bits per heavy atom. The molecule has 0 amide bonds. The average molecular weight is 319 g/mol. The number of nitrogens with zero attached hydrogens (tertiary/aromatic N) is 4. The van der Waals surface area contributed by atoms with E-state index in [1.54, 1.807) is 0 Å². The van der Waals surface area contributed by atoms with E-state index < -0.39 is 0 Å². The molecule has 0 saturated carbocycles. The smallest absolute Gasteiger partial charge is 0.105 e. The Morgan fingerprint density at radius 2 is 1.74 bits per heavy atom. The molecule has 2 aliphatic heterocycles. The van der Waals surface area contributed by atoms with Gasteiger partial charge in [0, 0.05) is 32.9 Å². The van der Waals surface area contributed by atoms with Gasteiger partial charge < -0.3 is 9.47 Å². The first kappa shape index (κ1) is 17.0. The van der Waals surface area contributed by atoms with E-state index in [1.807, 2.05) is 6.20 Å². The summed E-state index contributed by atoms with van der Waals surface area (Å²) in [7, 11) is 2.13. The monoisotopic (exact) mass is 318 g/mol. The zero-order valence-electron chi connectivity index (χ0n) is 15.5. The molecule has 0 N–H and O–H groups in total. The van der Waals surface area contributed by atoms with Crippen LogP contribution >= 0.6 is 0 Å². The fraction of sp³-hybridized carbons (Fsp3) is 0.842. The van der Waals surface area contributed by atoms with Crippen molar-refractivity contribution in [1.29, 1.82) is 0 Å². The first-order valence-corrected chi connectivity index (χ1v) is 9.45. The maximum absolute atomic E-state index is 4.43. The summed E-state index contributed by atoms with van der Waals surface area (Å²) in [5.74, 6) is 3.80. The Labute approximate surface area is 141 Å². The van der Waals surface area contributed by atoms with E-state index in [9.17, 15) is 0 Å². The number of rotatable bonds is 5. The van der Waals surface area contributed by atoms with E-state index in [1.165, 1.54) is 57.7 Å². The van der Waals surface area contributed by atoms with E-state index in [-0.39, 0.29) is 0 Å². The molecular formula is C19H34N4. The summed E-state index contributed by atoms with van der Waals surface area (Å²) in [4.78, 5) is 9.74. The van der Waals surface area contributed by atoms with Crippen molar-refractivity contribution in [2.24, 2.45) is 24.8 Å². The van der Waals surface area contributed by atoms with E-state index >= 15 is 0 Å². The van der Waals surface area contributed by atoms with Crippen molar-refractivity contribution in [3.8, 4) is 0 Å². The molecule has 1 aromatic rings. The van der Waals surface area contributed by atoms with Crippen LogP contribution in [-0.2, 0) is 13.6 Å². The second kappa shape index (κ2) is 7.35. The Kier molecular flexibility index (Phi) is 5.42. The summed E-state index contributed by atoms with van der Waals surface area (Å²) in [6.45, 7) is 14.3. The van der Waals surface area contributed by atoms with E-state index in [4.69, 9.17) is 0 Å². The average Bonchev–Trinajstić information content (AvgIpc) is 3.10. The third-order valence-electron chi connectivity index (χ3n) is 5.93. The number of likely N-dealkylation sites (tertiary alicyclic amines) is 2. The molecule has 0 spiro atoms. The number of hydrogen-bond donors (Lipinski definition) is 0. The minimum atomic E-state index is 0.802. The summed E-state index contributed by atoms with van der Waals surface area (Å²) in [6, 6.07) is 0. The highest BCUT2D eigenvalue weighted by Gasteiger charge is 2.32. The van der Waals surface area contributed by atoms with Gasteiger partial charge in [-0.05, 0) is 63.6 Å². The van der Waals surface area contributed by atoms with Crippen LogP contribution in [0.1, 0.15) is 44.6 Å². The Hall–Kier alpha value is -0.870. The van der Waals surface area contributed by atoms with Gasteiger partial charge in [0.1, 0.15) is 5.82 Å². The molecule has 3 heterocycles. The van der Waals surface area contributed by atoms with Gasteiger partial charge in [0.25, 0.3) is 0 Å². The number of aryl methyl sites for hydroxylation is 1. The predicted octanol–water partition coefficient (Wildman–Crippen LogP) is 2.92. The van der Waals surface area contributed by atoms with Crippen molar-refractivity contribution in [2.45, 2.75) is 46.6 Å². The van der Waals surface area contributed by atoms with Crippen molar-refractivity contribution in [1.82, 2.24) is 19.4 Å². The lowest BCUT2D eigenvalue weighted by Gasteiger charge is -2.35.